The predicted octanol–water partition coefficient (Wildman–Crippen LogP) is 1.06. The second-order valence-electron chi connectivity index (χ2n) is 6.81. The summed E-state index contributed by atoms with van der Waals surface area (Å²) in [7, 11) is 0. The van der Waals surface area contributed by atoms with E-state index in [1.54, 1.807) is 23.6 Å². The van der Waals surface area contributed by atoms with Crippen molar-refractivity contribution in [1.82, 2.24) is 29.7 Å². The molecule has 9 heteroatoms. The van der Waals surface area contributed by atoms with Crippen LogP contribution in [-0.4, -0.2) is 69.8 Å². The summed E-state index contributed by atoms with van der Waals surface area (Å²) >= 11 is 0. The summed E-state index contributed by atoms with van der Waals surface area (Å²) in [6, 6.07) is 1.81. The lowest BCUT2D eigenvalue weighted by Gasteiger charge is -2.33. The van der Waals surface area contributed by atoms with E-state index in [4.69, 9.17) is 4.74 Å². The molecule has 1 atom stereocenters. The van der Waals surface area contributed by atoms with Crippen molar-refractivity contribution in [2.75, 3.05) is 44.2 Å². The number of carbonyl (C=O) groups excluding carboxylic acids is 1. The van der Waals surface area contributed by atoms with Crippen molar-refractivity contribution in [3.63, 3.8) is 0 Å². The van der Waals surface area contributed by atoms with E-state index in [2.05, 4.69) is 25.2 Å². The number of aromatic nitrogens is 4. The summed E-state index contributed by atoms with van der Waals surface area (Å²) in [4.78, 5) is 29.5. The average molecular weight is 371 g/mol. The number of imidazole rings is 1. The van der Waals surface area contributed by atoms with E-state index in [-0.39, 0.29) is 12.1 Å². The van der Waals surface area contributed by atoms with Gasteiger partial charge < -0.3 is 24.4 Å². The fourth-order valence-electron chi connectivity index (χ4n) is 3.45. The Kier molecular flexibility index (Phi) is 5.47. The van der Waals surface area contributed by atoms with E-state index in [0.717, 1.165) is 24.7 Å². The van der Waals surface area contributed by atoms with Crippen molar-refractivity contribution in [3.8, 4) is 0 Å². The van der Waals surface area contributed by atoms with Crippen molar-refractivity contribution in [3.05, 3.63) is 36.7 Å². The van der Waals surface area contributed by atoms with E-state index in [1.165, 1.54) is 12.8 Å². The lowest BCUT2D eigenvalue weighted by molar-refractivity contribution is -0.0176. The Bertz CT molecular complexity index is 746. The van der Waals surface area contributed by atoms with Gasteiger partial charge in [-0.05, 0) is 18.9 Å². The van der Waals surface area contributed by atoms with Crippen LogP contribution in [0.15, 0.2) is 31.0 Å². The first-order valence-corrected chi connectivity index (χ1v) is 9.47. The van der Waals surface area contributed by atoms with Crippen LogP contribution in [0.5, 0.6) is 0 Å². The first-order valence-electron chi connectivity index (χ1n) is 9.47. The Morgan fingerprint density at radius 3 is 2.96 bits per heavy atom. The summed E-state index contributed by atoms with van der Waals surface area (Å²) < 4.78 is 7.82. The van der Waals surface area contributed by atoms with Gasteiger partial charge in [0, 0.05) is 51.3 Å². The molecule has 2 fully saturated rings. The number of urea groups is 1. The van der Waals surface area contributed by atoms with Crippen LogP contribution in [0.3, 0.4) is 0 Å². The first kappa shape index (κ1) is 17.7. The molecule has 4 rings (SSSR count). The molecule has 0 bridgehead atoms. The van der Waals surface area contributed by atoms with E-state index in [9.17, 15) is 4.79 Å². The smallest absolute Gasteiger partial charge is 0.317 e. The topological polar surface area (TPSA) is 88.4 Å². The van der Waals surface area contributed by atoms with Crippen LogP contribution in [0.4, 0.5) is 10.7 Å². The Morgan fingerprint density at radius 1 is 1.26 bits per heavy atom. The zero-order valence-corrected chi connectivity index (χ0v) is 15.3. The highest BCUT2D eigenvalue weighted by Gasteiger charge is 2.27. The van der Waals surface area contributed by atoms with Gasteiger partial charge in [-0.25, -0.2) is 19.7 Å². The van der Waals surface area contributed by atoms with E-state index in [0.29, 0.717) is 32.8 Å². The molecule has 0 aromatic carbocycles. The molecule has 2 saturated heterocycles. The summed E-state index contributed by atoms with van der Waals surface area (Å²) in [6.07, 6.45) is 9.27. The number of hydrogen-bond acceptors (Lipinski definition) is 6. The van der Waals surface area contributed by atoms with Gasteiger partial charge in [0.2, 0.25) is 5.95 Å². The number of nitrogens with zero attached hydrogens (tertiary/aromatic N) is 6. The molecule has 1 N–H and O–H groups in total. The molecule has 2 aromatic heterocycles. The molecular formula is C18H25N7O2. The number of anilines is 1. The maximum absolute atomic E-state index is 12.5. The van der Waals surface area contributed by atoms with Crippen LogP contribution >= 0.6 is 0 Å². The van der Waals surface area contributed by atoms with Crippen LogP contribution in [0.2, 0.25) is 0 Å². The number of nitrogens with one attached hydrogen (secondary N) is 1. The van der Waals surface area contributed by atoms with Crippen molar-refractivity contribution in [1.29, 1.82) is 0 Å². The van der Waals surface area contributed by atoms with Crippen LogP contribution in [-0.2, 0) is 11.3 Å². The minimum Gasteiger partial charge on any atom is -0.368 e. The molecule has 1 unspecified atom stereocenters. The Balaban J connectivity index is 1.33. The quantitative estimate of drug-likeness (QED) is 0.845. The molecule has 2 aliphatic rings. The van der Waals surface area contributed by atoms with Gasteiger partial charge >= 0.3 is 6.03 Å². The number of amides is 2. The fraction of sp³-hybridized carbons (Fsp3) is 0.556. The van der Waals surface area contributed by atoms with Crippen LogP contribution in [0.1, 0.15) is 24.6 Å². The van der Waals surface area contributed by atoms with Crippen molar-refractivity contribution in [2.24, 2.45) is 0 Å². The van der Waals surface area contributed by atoms with Crippen LogP contribution < -0.4 is 10.2 Å². The molecule has 144 valence electrons. The molecule has 0 radical (unpaired) electrons. The number of morpholine rings is 1. The summed E-state index contributed by atoms with van der Waals surface area (Å²) in [6.45, 7) is 4.84. The third-order valence-electron chi connectivity index (χ3n) is 4.94. The Labute approximate surface area is 158 Å². The number of rotatable bonds is 5. The number of ether oxygens (including phenoxy) is 1. The molecule has 2 aliphatic heterocycles. The molecule has 2 amide bonds. The Hall–Kier alpha value is -2.68. The summed E-state index contributed by atoms with van der Waals surface area (Å²) in [5.74, 6) is 0.760. The molecule has 0 saturated carbocycles. The third-order valence-corrected chi connectivity index (χ3v) is 4.94. The van der Waals surface area contributed by atoms with Gasteiger partial charge in [-0.2, -0.15) is 0 Å². The minimum absolute atomic E-state index is 0.0720. The zero-order valence-electron chi connectivity index (χ0n) is 15.3. The Morgan fingerprint density at radius 2 is 2.15 bits per heavy atom. The molecule has 4 heterocycles. The van der Waals surface area contributed by atoms with Gasteiger partial charge in [-0.3, -0.25) is 0 Å². The van der Waals surface area contributed by atoms with Gasteiger partial charge in [0.15, 0.2) is 0 Å². The molecule has 9 nitrogen and oxygen atoms in total. The van der Waals surface area contributed by atoms with E-state index >= 15 is 0 Å². The molecule has 0 spiro atoms. The lowest BCUT2D eigenvalue weighted by atomic mass is 10.2. The van der Waals surface area contributed by atoms with E-state index < -0.39 is 0 Å². The second-order valence-corrected chi connectivity index (χ2v) is 6.81. The summed E-state index contributed by atoms with van der Waals surface area (Å²) in [5.41, 5.74) is 0.836. The average Bonchev–Trinajstić information content (AvgIpc) is 3.42. The highest BCUT2D eigenvalue weighted by molar-refractivity contribution is 5.74. The summed E-state index contributed by atoms with van der Waals surface area (Å²) in [5, 5.41) is 2.96. The lowest BCUT2D eigenvalue weighted by Crippen LogP contribution is -2.47. The maximum Gasteiger partial charge on any atom is 0.317 e. The second kappa shape index (κ2) is 8.34. The maximum atomic E-state index is 12.5. The van der Waals surface area contributed by atoms with Gasteiger partial charge in [0.05, 0.1) is 25.2 Å². The predicted molar refractivity (Wildman–Crippen MR) is 99.4 cm³/mol. The third kappa shape index (κ3) is 4.36. The largest absolute Gasteiger partial charge is 0.368 e. The van der Waals surface area contributed by atoms with E-state index in [1.807, 2.05) is 16.8 Å². The highest BCUT2D eigenvalue weighted by atomic mass is 16.5. The minimum atomic E-state index is -0.220. The molecular weight excluding hydrogens is 346 g/mol. The zero-order chi connectivity index (χ0) is 18.5. The van der Waals surface area contributed by atoms with Crippen molar-refractivity contribution >= 4 is 12.0 Å². The van der Waals surface area contributed by atoms with Gasteiger partial charge in [0.1, 0.15) is 6.10 Å². The van der Waals surface area contributed by atoms with Crippen LogP contribution in [0.25, 0.3) is 0 Å². The standard InChI is InChI=1S/C18H25N7O2/c26-18(21-6-10-23-9-5-19-14-23)25-11-12-27-16(13-25)15-3-4-20-17(22-15)24-7-1-2-8-24/h3-5,9,14,16H,1-2,6-8,10-13H2,(H,21,26). The first-order chi connectivity index (χ1) is 13.3. The molecule has 2 aromatic rings. The van der Waals surface area contributed by atoms with Gasteiger partial charge in [0.25, 0.3) is 0 Å². The van der Waals surface area contributed by atoms with Crippen molar-refractivity contribution in [2.45, 2.75) is 25.5 Å². The van der Waals surface area contributed by atoms with Crippen LogP contribution in [0, 0.1) is 0 Å². The fourth-order valence-corrected chi connectivity index (χ4v) is 3.45. The SMILES string of the molecule is O=C(NCCn1ccnc1)N1CCOC(c2ccnc(N3CCCC3)n2)C1. The number of carbonyl (C=O) groups is 1. The highest BCUT2D eigenvalue weighted by Crippen LogP contribution is 2.23. The monoisotopic (exact) mass is 371 g/mol. The normalized spacial score (nSPS) is 20.1. The molecule has 27 heavy (non-hydrogen) atoms. The van der Waals surface area contributed by atoms with Gasteiger partial charge in [-0.1, -0.05) is 0 Å². The van der Waals surface area contributed by atoms with Crippen molar-refractivity contribution < 1.29 is 9.53 Å². The van der Waals surface area contributed by atoms with Gasteiger partial charge in [-0.15, -0.1) is 0 Å². The molecule has 0 aliphatic carbocycles. The number of hydrogen-bond donors (Lipinski definition) is 1.